The third-order valence-corrected chi connectivity index (χ3v) is 3.62. The molecule has 0 aliphatic rings. The molecule has 0 saturated heterocycles. The molecule has 1 heterocycles. The number of halogens is 3. The molecule has 1 aromatic carbocycles. The molecule has 7 nitrogen and oxygen atoms in total. The summed E-state index contributed by atoms with van der Waals surface area (Å²) in [6.07, 6.45) is 1.13. The maximum absolute atomic E-state index is 12.4. The number of alkyl halides is 2. The van der Waals surface area contributed by atoms with E-state index in [9.17, 15) is 18.4 Å². The average molecular weight is 445 g/mol. The first-order chi connectivity index (χ1) is 12.7. The highest BCUT2D eigenvalue weighted by atomic mass is 79.9. The number of aryl methyl sites for hydroxylation is 1. The predicted molar refractivity (Wildman–Crippen MR) is 95.2 cm³/mol. The molecule has 1 amide bonds. The normalized spacial score (nSPS) is 12.2. The molecule has 0 bridgehead atoms. The number of ether oxygens (including phenoxy) is 2. The van der Waals surface area contributed by atoms with E-state index in [0.717, 1.165) is 6.08 Å². The van der Waals surface area contributed by atoms with Crippen molar-refractivity contribution in [2.75, 3.05) is 5.32 Å². The predicted octanol–water partition coefficient (Wildman–Crippen LogP) is 3.93. The quantitative estimate of drug-likeness (QED) is 0.513. The number of benzene rings is 1. The summed E-state index contributed by atoms with van der Waals surface area (Å²) in [5, 5.41) is 6.01. The van der Waals surface area contributed by atoms with E-state index in [2.05, 4.69) is 31.1 Å². The van der Waals surface area contributed by atoms with Gasteiger partial charge in [-0.1, -0.05) is 21.1 Å². The lowest BCUT2D eigenvalue weighted by Crippen LogP contribution is -2.29. The molecule has 10 heteroatoms. The van der Waals surface area contributed by atoms with Crippen LogP contribution < -0.4 is 10.1 Å². The second kappa shape index (κ2) is 9.26. The number of hydrogen-bond acceptors (Lipinski definition) is 6. The van der Waals surface area contributed by atoms with Gasteiger partial charge < -0.3 is 14.0 Å². The number of amides is 1. The van der Waals surface area contributed by atoms with Crippen LogP contribution in [0.25, 0.3) is 6.08 Å². The zero-order valence-corrected chi connectivity index (χ0v) is 15.8. The third kappa shape index (κ3) is 6.48. The molecule has 2 aromatic rings. The maximum atomic E-state index is 12.4. The largest absolute Gasteiger partial charge is 0.449 e. The van der Waals surface area contributed by atoms with Gasteiger partial charge in [0.25, 0.3) is 5.91 Å². The second-order valence-electron chi connectivity index (χ2n) is 5.29. The number of anilines is 1. The van der Waals surface area contributed by atoms with Crippen LogP contribution in [0.1, 0.15) is 18.2 Å². The Labute approximate surface area is 161 Å². The van der Waals surface area contributed by atoms with Crippen LogP contribution in [0.3, 0.4) is 0 Å². The first kappa shape index (κ1) is 20.6. The van der Waals surface area contributed by atoms with Crippen molar-refractivity contribution in [1.29, 1.82) is 0 Å². The molecule has 0 aliphatic heterocycles. The zero-order chi connectivity index (χ0) is 20.0. The summed E-state index contributed by atoms with van der Waals surface area (Å²) < 4.78 is 39.7. The van der Waals surface area contributed by atoms with Crippen molar-refractivity contribution >= 4 is 39.8 Å². The topological polar surface area (TPSA) is 90.7 Å². The monoisotopic (exact) mass is 444 g/mol. The fourth-order valence-corrected chi connectivity index (χ4v) is 2.30. The first-order valence-corrected chi connectivity index (χ1v) is 8.41. The smallest absolute Gasteiger partial charge is 0.387 e. The van der Waals surface area contributed by atoms with Gasteiger partial charge in [-0.15, -0.1) is 0 Å². The van der Waals surface area contributed by atoms with E-state index in [4.69, 9.17) is 9.26 Å². The molecular formula is C17H15BrF2N2O5. The Morgan fingerprint density at radius 2 is 2.07 bits per heavy atom. The minimum absolute atomic E-state index is 0.108. The summed E-state index contributed by atoms with van der Waals surface area (Å²) in [6.45, 7) is 0.0459. The number of carbonyl (C=O) groups excluding carboxylic acids is 2. The highest BCUT2D eigenvalue weighted by Gasteiger charge is 2.18. The Balaban J connectivity index is 1.98. The molecule has 0 fully saturated rings. The van der Waals surface area contributed by atoms with Crippen LogP contribution in [-0.4, -0.2) is 29.7 Å². The third-order valence-electron chi connectivity index (χ3n) is 3.12. The van der Waals surface area contributed by atoms with E-state index < -0.39 is 24.6 Å². The summed E-state index contributed by atoms with van der Waals surface area (Å²) in [4.78, 5) is 23.8. The van der Waals surface area contributed by atoms with Crippen LogP contribution in [-0.2, 0) is 14.3 Å². The van der Waals surface area contributed by atoms with Crippen LogP contribution in [0, 0.1) is 6.92 Å². The van der Waals surface area contributed by atoms with Gasteiger partial charge in [0, 0.05) is 22.2 Å². The molecule has 1 unspecified atom stereocenters. The van der Waals surface area contributed by atoms with Crippen LogP contribution in [0.2, 0.25) is 0 Å². The average Bonchev–Trinajstić information content (AvgIpc) is 2.99. The van der Waals surface area contributed by atoms with E-state index in [1.54, 1.807) is 6.92 Å². The van der Waals surface area contributed by atoms with Crippen molar-refractivity contribution in [3.05, 3.63) is 46.1 Å². The second-order valence-corrected chi connectivity index (χ2v) is 6.21. The number of aromatic nitrogens is 1. The first-order valence-electron chi connectivity index (χ1n) is 7.62. The van der Waals surface area contributed by atoms with Crippen LogP contribution in [0.5, 0.6) is 5.75 Å². The van der Waals surface area contributed by atoms with E-state index >= 15 is 0 Å². The van der Waals surface area contributed by atoms with Gasteiger partial charge in [-0.2, -0.15) is 8.78 Å². The molecule has 2 rings (SSSR count). The van der Waals surface area contributed by atoms with Crippen molar-refractivity contribution < 1.29 is 32.4 Å². The minimum Gasteiger partial charge on any atom is -0.449 e. The van der Waals surface area contributed by atoms with Crippen molar-refractivity contribution in [3.8, 4) is 5.75 Å². The number of nitrogens with one attached hydrogen (secondary N) is 1. The Morgan fingerprint density at radius 1 is 1.33 bits per heavy atom. The Morgan fingerprint density at radius 3 is 2.70 bits per heavy atom. The molecule has 0 saturated carbocycles. The Bertz CT molecular complexity index is 854. The molecule has 1 N–H and O–H groups in total. The highest BCUT2D eigenvalue weighted by Crippen LogP contribution is 2.26. The van der Waals surface area contributed by atoms with Crippen molar-refractivity contribution in [2.24, 2.45) is 0 Å². The SMILES string of the molecule is Cc1cc(NC(=O)C(C)OC(=O)/C=C/c2cc(Br)ccc2OC(F)F)on1. The van der Waals surface area contributed by atoms with E-state index in [-0.39, 0.29) is 17.2 Å². The van der Waals surface area contributed by atoms with Crippen molar-refractivity contribution in [2.45, 2.75) is 26.6 Å². The van der Waals surface area contributed by atoms with E-state index in [1.807, 2.05) is 0 Å². The molecule has 1 atom stereocenters. The number of rotatable bonds is 7. The van der Waals surface area contributed by atoms with Gasteiger partial charge in [0.1, 0.15) is 5.75 Å². The summed E-state index contributed by atoms with van der Waals surface area (Å²) in [7, 11) is 0. The molecule has 144 valence electrons. The van der Waals surface area contributed by atoms with Gasteiger partial charge in [0.15, 0.2) is 6.10 Å². The van der Waals surface area contributed by atoms with Crippen molar-refractivity contribution in [1.82, 2.24) is 5.16 Å². The summed E-state index contributed by atoms with van der Waals surface area (Å²) in [6, 6.07) is 5.84. The van der Waals surface area contributed by atoms with Crippen LogP contribution >= 0.6 is 15.9 Å². The molecule has 0 radical (unpaired) electrons. The number of nitrogens with zero attached hydrogens (tertiary/aromatic N) is 1. The van der Waals surface area contributed by atoms with Gasteiger partial charge in [-0.05, 0) is 38.1 Å². The Hall–Kier alpha value is -2.75. The fraction of sp³-hybridized carbons (Fsp3) is 0.235. The number of esters is 1. The summed E-state index contributed by atoms with van der Waals surface area (Å²) >= 11 is 3.20. The summed E-state index contributed by atoms with van der Waals surface area (Å²) in [5.41, 5.74) is 0.810. The van der Waals surface area contributed by atoms with Crippen LogP contribution in [0.15, 0.2) is 39.3 Å². The summed E-state index contributed by atoms with van der Waals surface area (Å²) in [5.74, 6) is -1.44. The lowest BCUT2D eigenvalue weighted by atomic mass is 10.2. The molecule has 0 spiro atoms. The molecule has 0 aliphatic carbocycles. The van der Waals surface area contributed by atoms with E-state index in [1.165, 1.54) is 37.3 Å². The van der Waals surface area contributed by atoms with Gasteiger partial charge in [0.05, 0.1) is 5.69 Å². The molecular weight excluding hydrogens is 430 g/mol. The standard InChI is InChI=1S/C17H15BrF2N2O5/c1-9-7-14(27-22-9)21-16(24)10(2)25-15(23)6-3-11-8-12(18)4-5-13(11)26-17(19)20/h3-8,10,17H,1-2H3,(H,21,24)/b6-3+. The van der Waals surface area contributed by atoms with Crippen LogP contribution in [0.4, 0.5) is 14.7 Å². The highest BCUT2D eigenvalue weighted by molar-refractivity contribution is 9.10. The molecule has 1 aromatic heterocycles. The lowest BCUT2D eigenvalue weighted by Gasteiger charge is -2.11. The minimum atomic E-state index is -3.01. The lowest BCUT2D eigenvalue weighted by molar-refractivity contribution is -0.148. The fourth-order valence-electron chi connectivity index (χ4n) is 1.92. The number of carbonyl (C=O) groups is 2. The van der Waals surface area contributed by atoms with Crippen molar-refractivity contribution in [3.63, 3.8) is 0 Å². The number of hydrogen-bond donors (Lipinski definition) is 1. The maximum Gasteiger partial charge on any atom is 0.387 e. The zero-order valence-electron chi connectivity index (χ0n) is 14.2. The molecule has 27 heavy (non-hydrogen) atoms. The van der Waals surface area contributed by atoms with Gasteiger partial charge in [0.2, 0.25) is 5.88 Å². The van der Waals surface area contributed by atoms with Gasteiger partial charge >= 0.3 is 12.6 Å². The van der Waals surface area contributed by atoms with Gasteiger partial charge in [-0.25, -0.2) is 4.79 Å². The van der Waals surface area contributed by atoms with Gasteiger partial charge in [-0.3, -0.25) is 10.1 Å². The van der Waals surface area contributed by atoms with E-state index in [0.29, 0.717) is 10.2 Å². The Kier molecular flexibility index (Phi) is 7.05.